The zero-order valence-electron chi connectivity index (χ0n) is 16.2. The van der Waals surface area contributed by atoms with E-state index in [2.05, 4.69) is 19.7 Å². The van der Waals surface area contributed by atoms with Crippen LogP contribution in [-0.4, -0.2) is 32.8 Å². The molecule has 1 aromatic heterocycles. The van der Waals surface area contributed by atoms with Crippen LogP contribution in [0.3, 0.4) is 0 Å². The average molecular weight is 379 g/mol. The zero-order chi connectivity index (χ0) is 19.1. The molecule has 0 N–H and O–H groups in total. The Balaban J connectivity index is 1.23. The van der Waals surface area contributed by atoms with Crippen LogP contribution in [0.5, 0.6) is 0 Å². The van der Waals surface area contributed by atoms with Crippen molar-refractivity contribution in [2.75, 3.05) is 13.1 Å². The van der Waals surface area contributed by atoms with E-state index in [-0.39, 0.29) is 5.82 Å². The van der Waals surface area contributed by atoms with Gasteiger partial charge in [0.2, 0.25) is 0 Å². The molecule has 6 heteroatoms. The molecule has 1 aliphatic carbocycles. The Bertz CT molecular complexity index is 919. The van der Waals surface area contributed by atoms with E-state index >= 15 is 0 Å². The maximum Gasteiger partial charge on any atom is 0.136 e. The van der Waals surface area contributed by atoms with Crippen molar-refractivity contribution in [1.82, 2.24) is 19.7 Å². The molecule has 5 rings (SSSR count). The summed E-state index contributed by atoms with van der Waals surface area (Å²) in [6, 6.07) is 6.80. The van der Waals surface area contributed by atoms with Gasteiger partial charge in [0, 0.05) is 31.0 Å². The summed E-state index contributed by atoms with van der Waals surface area (Å²) >= 11 is 0. The number of aryl methyl sites for hydroxylation is 1. The molecule has 28 heavy (non-hydrogen) atoms. The van der Waals surface area contributed by atoms with Gasteiger partial charge >= 0.3 is 0 Å². The number of halogens is 1. The normalized spacial score (nSPS) is 23.8. The molecule has 1 saturated heterocycles. The third kappa shape index (κ3) is 3.12. The molecule has 1 spiro atoms. The zero-order valence-corrected chi connectivity index (χ0v) is 16.2. The quantitative estimate of drug-likeness (QED) is 0.814. The maximum absolute atomic E-state index is 14.2. The van der Waals surface area contributed by atoms with E-state index in [4.69, 9.17) is 5.26 Å². The molecule has 0 unspecified atom stereocenters. The first-order valence-corrected chi connectivity index (χ1v) is 10.5. The van der Waals surface area contributed by atoms with Gasteiger partial charge in [-0.25, -0.2) is 4.39 Å². The highest BCUT2D eigenvalue weighted by atomic mass is 19.1. The van der Waals surface area contributed by atoms with Crippen molar-refractivity contribution in [2.24, 2.45) is 5.41 Å². The van der Waals surface area contributed by atoms with Gasteiger partial charge in [-0.15, -0.1) is 10.2 Å². The third-order valence-electron chi connectivity index (χ3n) is 7.07. The molecule has 2 fully saturated rings. The van der Waals surface area contributed by atoms with Crippen LogP contribution in [-0.2, 0) is 19.5 Å². The van der Waals surface area contributed by atoms with Gasteiger partial charge in [0.05, 0.1) is 11.6 Å². The van der Waals surface area contributed by atoms with Crippen LogP contribution in [0.2, 0.25) is 0 Å². The number of piperidine rings is 1. The Hall–Kier alpha value is -2.26. The molecule has 3 heterocycles. The maximum atomic E-state index is 14.2. The Labute approximate surface area is 165 Å². The van der Waals surface area contributed by atoms with Gasteiger partial charge in [-0.3, -0.25) is 4.90 Å². The monoisotopic (exact) mass is 379 g/mol. The molecule has 1 atom stereocenters. The second kappa shape index (κ2) is 6.97. The first kappa shape index (κ1) is 17.8. The standard InChI is InChI=1S/C22H26FN5/c23-19-12-16(14-24)5-6-17(19)15-27-10-7-22(8-11-27)13-18(22)21-26-25-20-4-2-1-3-9-28(20)21/h5-6,12,18H,1-4,7-11,13,15H2/t18-/m1/s1. The molecular formula is C22H26FN5. The van der Waals surface area contributed by atoms with Gasteiger partial charge in [0.15, 0.2) is 0 Å². The topological polar surface area (TPSA) is 57.7 Å². The number of benzene rings is 1. The lowest BCUT2D eigenvalue weighted by Gasteiger charge is -2.33. The predicted molar refractivity (Wildman–Crippen MR) is 103 cm³/mol. The minimum absolute atomic E-state index is 0.269. The molecule has 0 bridgehead atoms. The van der Waals surface area contributed by atoms with E-state index in [1.807, 2.05) is 6.07 Å². The molecule has 0 radical (unpaired) electrons. The van der Waals surface area contributed by atoms with Crippen LogP contribution in [0.1, 0.15) is 67.2 Å². The van der Waals surface area contributed by atoms with E-state index in [1.54, 1.807) is 12.1 Å². The fraction of sp³-hybridized carbons (Fsp3) is 0.591. The first-order chi connectivity index (χ1) is 13.7. The highest BCUT2D eigenvalue weighted by Gasteiger charge is 2.57. The molecule has 2 aliphatic heterocycles. The van der Waals surface area contributed by atoms with Crippen molar-refractivity contribution in [3.05, 3.63) is 46.8 Å². The summed E-state index contributed by atoms with van der Waals surface area (Å²) in [6.07, 6.45) is 8.35. The van der Waals surface area contributed by atoms with Gasteiger partial charge in [-0.05, 0) is 62.7 Å². The number of hydrogen-bond acceptors (Lipinski definition) is 4. The van der Waals surface area contributed by atoms with Crippen molar-refractivity contribution < 1.29 is 4.39 Å². The van der Waals surface area contributed by atoms with Crippen molar-refractivity contribution in [2.45, 2.75) is 64.0 Å². The number of rotatable bonds is 3. The molecular weight excluding hydrogens is 353 g/mol. The molecule has 1 saturated carbocycles. The van der Waals surface area contributed by atoms with Crippen molar-refractivity contribution in [3.63, 3.8) is 0 Å². The van der Waals surface area contributed by atoms with E-state index < -0.39 is 0 Å². The summed E-state index contributed by atoms with van der Waals surface area (Å²) < 4.78 is 16.6. The fourth-order valence-electron chi connectivity index (χ4n) is 5.17. The lowest BCUT2D eigenvalue weighted by Crippen LogP contribution is -2.35. The summed E-state index contributed by atoms with van der Waals surface area (Å²) in [5.74, 6) is 2.70. The average Bonchev–Trinajstić information content (AvgIpc) is 3.35. The van der Waals surface area contributed by atoms with Crippen molar-refractivity contribution in [1.29, 1.82) is 5.26 Å². The van der Waals surface area contributed by atoms with Crippen LogP contribution in [0.25, 0.3) is 0 Å². The minimum atomic E-state index is -0.269. The van der Waals surface area contributed by atoms with Crippen LogP contribution >= 0.6 is 0 Å². The Morgan fingerprint density at radius 1 is 1.14 bits per heavy atom. The largest absolute Gasteiger partial charge is 0.315 e. The highest BCUT2D eigenvalue weighted by Crippen LogP contribution is 2.64. The number of aromatic nitrogens is 3. The fourth-order valence-corrected chi connectivity index (χ4v) is 5.17. The Morgan fingerprint density at radius 3 is 2.79 bits per heavy atom. The van der Waals surface area contributed by atoms with Crippen LogP contribution in [0.15, 0.2) is 18.2 Å². The molecule has 5 nitrogen and oxygen atoms in total. The SMILES string of the molecule is N#Cc1ccc(CN2CCC3(CC2)C[C@@H]3c2nnc3n2CCCCC3)c(F)c1. The number of fused-ring (bicyclic) bond motifs is 1. The Morgan fingerprint density at radius 2 is 2.00 bits per heavy atom. The van der Waals surface area contributed by atoms with Crippen molar-refractivity contribution in [3.8, 4) is 6.07 Å². The van der Waals surface area contributed by atoms with E-state index in [1.165, 1.54) is 43.4 Å². The molecule has 3 aliphatic rings. The Kier molecular flexibility index (Phi) is 4.43. The van der Waals surface area contributed by atoms with E-state index in [0.29, 0.717) is 29.0 Å². The first-order valence-electron chi connectivity index (χ1n) is 10.5. The second-order valence-electron chi connectivity index (χ2n) is 8.75. The van der Waals surface area contributed by atoms with Gasteiger partial charge in [0.25, 0.3) is 0 Å². The summed E-state index contributed by atoms with van der Waals surface area (Å²) in [4.78, 5) is 2.34. The summed E-state index contributed by atoms with van der Waals surface area (Å²) in [5, 5.41) is 18.0. The molecule has 146 valence electrons. The number of nitrogens with zero attached hydrogens (tertiary/aromatic N) is 5. The van der Waals surface area contributed by atoms with E-state index in [9.17, 15) is 4.39 Å². The lowest BCUT2D eigenvalue weighted by atomic mass is 9.90. The van der Waals surface area contributed by atoms with Gasteiger partial charge in [0.1, 0.15) is 17.5 Å². The second-order valence-corrected chi connectivity index (χ2v) is 8.75. The summed E-state index contributed by atoms with van der Waals surface area (Å²) in [6.45, 7) is 3.70. The third-order valence-corrected chi connectivity index (χ3v) is 7.07. The molecule has 1 aromatic carbocycles. The molecule has 2 aromatic rings. The molecule has 0 amide bonds. The number of hydrogen-bond donors (Lipinski definition) is 0. The van der Waals surface area contributed by atoms with Crippen LogP contribution < -0.4 is 0 Å². The van der Waals surface area contributed by atoms with E-state index in [0.717, 1.165) is 38.9 Å². The summed E-state index contributed by atoms with van der Waals surface area (Å²) in [7, 11) is 0. The van der Waals surface area contributed by atoms with Gasteiger partial charge in [-0.1, -0.05) is 12.5 Å². The van der Waals surface area contributed by atoms with Gasteiger partial charge < -0.3 is 4.57 Å². The summed E-state index contributed by atoms with van der Waals surface area (Å²) in [5.41, 5.74) is 1.45. The highest BCUT2D eigenvalue weighted by molar-refractivity contribution is 5.33. The van der Waals surface area contributed by atoms with Crippen molar-refractivity contribution >= 4 is 0 Å². The van der Waals surface area contributed by atoms with Crippen LogP contribution in [0, 0.1) is 22.6 Å². The number of likely N-dealkylation sites (tertiary alicyclic amines) is 1. The smallest absolute Gasteiger partial charge is 0.136 e. The van der Waals surface area contributed by atoms with Crippen LogP contribution in [0.4, 0.5) is 4.39 Å². The predicted octanol–water partition coefficient (Wildman–Crippen LogP) is 3.78. The number of nitriles is 1. The minimum Gasteiger partial charge on any atom is -0.315 e. The van der Waals surface area contributed by atoms with Gasteiger partial charge in [-0.2, -0.15) is 5.26 Å². The lowest BCUT2D eigenvalue weighted by molar-refractivity contribution is 0.160.